The number of rotatable bonds is 6. The zero-order chi connectivity index (χ0) is 19.2. The molecule has 3 rings (SSSR count). The van der Waals surface area contributed by atoms with Crippen molar-refractivity contribution in [2.24, 2.45) is 0 Å². The zero-order valence-corrected chi connectivity index (χ0v) is 16.3. The molecule has 0 aliphatic carbocycles. The smallest absolute Gasteiger partial charge is 0.195 e. The fourth-order valence-corrected chi connectivity index (χ4v) is 3.34. The second-order valence-corrected chi connectivity index (χ2v) is 6.76. The Morgan fingerprint density at radius 2 is 1.74 bits per heavy atom. The van der Waals surface area contributed by atoms with Crippen molar-refractivity contribution in [3.63, 3.8) is 0 Å². The number of methoxy groups -OCH3 is 2. The molecule has 6 nitrogen and oxygen atoms in total. The van der Waals surface area contributed by atoms with E-state index in [9.17, 15) is 0 Å². The molecule has 0 radical (unpaired) electrons. The fourth-order valence-electron chi connectivity index (χ4n) is 2.62. The number of aryl methyl sites for hydroxylation is 1. The van der Waals surface area contributed by atoms with Gasteiger partial charge in [-0.2, -0.15) is 0 Å². The van der Waals surface area contributed by atoms with E-state index >= 15 is 0 Å². The molecular weight excluding hydrogens is 360 g/mol. The van der Waals surface area contributed by atoms with Gasteiger partial charge in [0.2, 0.25) is 0 Å². The number of anilines is 1. The van der Waals surface area contributed by atoms with Gasteiger partial charge in [-0.25, -0.2) is 4.98 Å². The SMILES string of the molecule is COc1cccc(OC)c1CNC(=N)Nc1nc(-c2ccc(C)cc2)cs1. The topological polar surface area (TPSA) is 79.3 Å². The predicted molar refractivity (Wildman–Crippen MR) is 110 cm³/mol. The Morgan fingerprint density at radius 3 is 2.37 bits per heavy atom. The Balaban J connectivity index is 1.63. The van der Waals surface area contributed by atoms with Gasteiger partial charge in [-0.3, -0.25) is 5.41 Å². The lowest BCUT2D eigenvalue weighted by molar-refractivity contribution is 0.384. The monoisotopic (exact) mass is 382 g/mol. The first-order chi connectivity index (χ1) is 13.1. The van der Waals surface area contributed by atoms with E-state index in [1.807, 2.05) is 35.7 Å². The summed E-state index contributed by atoms with van der Waals surface area (Å²) in [4.78, 5) is 4.55. The van der Waals surface area contributed by atoms with Crippen molar-refractivity contribution in [2.45, 2.75) is 13.5 Å². The first-order valence-electron chi connectivity index (χ1n) is 8.42. The van der Waals surface area contributed by atoms with Crippen LogP contribution in [0, 0.1) is 12.3 Å². The zero-order valence-electron chi connectivity index (χ0n) is 15.5. The molecule has 27 heavy (non-hydrogen) atoms. The molecule has 7 heteroatoms. The molecule has 3 N–H and O–H groups in total. The minimum atomic E-state index is 0.160. The van der Waals surface area contributed by atoms with Crippen LogP contribution in [-0.4, -0.2) is 25.2 Å². The number of thiazole rings is 1. The number of ether oxygens (including phenoxy) is 2. The van der Waals surface area contributed by atoms with Crippen molar-refractivity contribution in [1.82, 2.24) is 10.3 Å². The van der Waals surface area contributed by atoms with Crippen LogP contribution in [0.3, 0.4) is 0 Å². The van der Waals surface area contributed by atoms with Crippen molar-refractivity contribution in [3.8, 4) is 22.8 Å². The molecule has 0 unspecified atom stereocenters. The van der Waals surface area contributed by atoms with E-state index in [-0.39, 0.29) is 5.96 Å². The van der Waals surface area contributed by atoms with Gasteiger partial charge in [0.1, 0.15) is 11.5 Å². The molecule has 0 aliphatic rings. The molecule has 0 spiro atoms. The van der Waals surface area contributed by atoms with E-state index in [1.54, 1.807) is 14.2 Å². The number of hydrogen-bond donors (Lipinski definition) is 3. The van der Waals surface area contributed by atoms with Gasteiger partial charge in [-0.05, 0) is 19.1 Å². The second kappa shape index (κ2) is 8.55. The molecule has 0 fully saturated rings. The number of aromatic nitrogens is 1. The summed E-state index contributed by atoms with van der Waals surface area (Å²) in [6, 6.07) is 13.8. The van der Waals surface area contributed by atoms with E-state index in [1.165, 1.54) is 16.9 Å². The van der Waals surface area contributed by atoms with E-state index in [2.05, 4.69) is 34.7 Å². The number of benzene rings is 2. The van der Waals surface area contributed by atoms with Crippen LogP contribution in [0.4, 0.5) is 5.13 Å². The average molecular weight is 382 g/mol. The maximum Gasteiger partial charge on any atom is 0.195 e. The fraction of sp³-hybridized carbons (Fsp3) is 0.200. The van der Waals surface area contributed by atoms with E-state index in [0.717, 1.165) is 16.8 Å². The Labute approximate surface area is 162 Å². The van der Waals surface area contributed by atoms with Gasteiger partial charge in [0, 0.05) is 10.9 Å². The van der Waals surface area contributed by atoms with Gasteiger partial charge >= 0.3 is 0 Å². The van der Waals surface area contributed by atoms with Crippen LogP contribution in [-0.2, 0) is 6.54 Å². The normalized spacial score (nSPS) is 10.3. The molecule has 140 valence electrons. The van der Waals surface area contributed by atoms with Crippen molar-refractivity contribution in [2.75, 3.05) is 19.5 Å². The first-order valence-corrected chi connectivity index (χ1v) is 9.30. The summed E-state index contributed by atoms with van der Waals surface area (Å²) in [6.07, 6.45) is 0. The van der Waals surface area contributed by atoms with Crippen LogP contribution in [0.5, 0.6) is 11.5 Å². The highest BCUT2D eigenvalue weighted by molar-refractivity contribution is 7.14. The van der Waals surface area contributed by atoms with Gasteiger partial charge < -0.3 is 20.1 Å². The molecule has 0 amide bonds. The molecule has 0 bridgehead atoms. The van der Waals surface area contributed by atoms with Gasteiger partial charge in [0.15, 0.2) is 11.1 Å². The molecule has 0 saturated heterocycles. The molecule has 2 aromatic carbocycles. The van der Waals surface area contributed by atoms with Crippen molar-refractivity contribution < 1.29 is 9.47 Å². The van der Waals surface area contributed by atoms with E-state index < -0.39 is 0 Å². The van der Waals surface area contributed by atoms with Gasteiger partial charge in [0.25, 0.3) is 0 Å². The standard InChI is InChI=1S/C20H22N4O2S/c1-13-7-9-14(10-8-13)16-12-27-20(23-16)24-19(21)22-11-15-17(25-2)5-4-6-18(15)26-3/h4-10,12H,11H2,1-3H3,(H3,21,22,23,24). The number of nitrogens with one attached hydrogen (secondary N) is 3. The van der Waals surface area contributed by atoms with Crippen molar-refractivity contribution >= 4 is 22.4 Å². The minimum Gasteiger partial charge on any atom is -0.496 e. The highest BCUT2D eigenvalue weighted by Crippen LogP contribution is 2.28. The molecule has 3 aromatic rings. The maximum atomic E-state index is 8.14. The number of nitrogens with zero attached hydrogens (tertiary/aromatic N) is 1. The Morgan fingerprint density at radius 1 is 1.07 bits per heavy atom. The summed E-state index contributed by atoms with van der Waals surface area (Å²) in [5.41, 5.74) is 4.02. The molecule has 1 aromatic heterocycles. The minimum absolute atomic E-state index is 0.160. The summed E-state index contributed by atoms with van der Waals surface area (Å²) in [5, 5.41) is 16.8. The van der Waals surface area contributed by atoms with Crippen LogP contribution in [0.25, 0.3) is 11.3 Å². The van der Waals surface area contributed by atoms with Crippen LogP contribution >= 0.6 is 11.3 Å². The molecule has 0 saturated carbocycles. The Kier molecular flexibility index (Phi) is 5.93. The van der Waals surface area contributed by atoms with Crippen molar-refractivity contribution in [1.29, 1.82) is 5.41 Å². The molecule has 0 atom stereocenters. The lowest BCUT2D eigenvalue weighted by Gasteiger charge is -2.14. The third-order valence-electron chi connectivity index (χ3n) is 4.06. The largest absolute Gasteiger partial charge is 0.496 e. The number of hydrogen-bond acceptors (Lipinski definition) is 5. The highest BCUT2D eigenvalue weighted by Gasteiger charge is 2.11. The van der Waals surface area contributed by atoms with Crippen LogP contribution in [0.2, 0.25) is 0 Å². The summed E-state index contributed by atoms with van der Waals surface area (Å²) in [7, 11) is 3.23. The van der Waals surface area contributed by atoms with Gasteiger partial charge in [-0.15, -0.1) is 11.3 Å². The summed E-state index contributed by atoms with van der Waals surface area (Å²) >= 11 is 1.46. The van der Waals surface area contributed by atoms with Crippen LogP contribution < -0.4 is 20.1 Å². The van der Waals surface area contributed by atoms with Gasteiger partial charge in [0.05, 0.1) is 32.0 Å². The highest BCUT2D eigenvalue weighted by atomic mass is 32.1. The summed E-state index contributed by atoms with van der Waals surface area (Å²) < 4.78 is 10.8. The van der Waals surface area contributed by atoms with Gasteiger partial charge in [-0.1, -0.05) is 35.9 Å². The molecule has 0 aliphatic heterocycles. The predicted octanol–water partition coefficient (Wildman–Crippen LogP) is 4.27. The van der Waals surface area contributed by atoms with Crippen LogP contribution in [0.15, 0.2) is 47.8 Å². The van der Waals surface area contributed by atoms with Crippen LogP contribution in [0.1, 0.15) is 11.1 Å². The second-order valence-electron chi connectivity index (χ2n) is 5.90. The molecular formula is C20H22N4O2S. The summed E-state index contributed by atoms with van der Waals surface area (Å²) in [6.45, 7) is 2.46. The quantitative estimate of drug-likeness (QED) is 0.438. The number of guanidine groups is 1. The molecule has 1 heterocycles. The lowest BCUT2D eigenvalue weighted by Crippen LogP contribution is -2.29. The Hall–Kier alpha value is -3.06. The first kappa shape index (κ1) is 18.7. The van der Waals surface area contributed by atoms with E-state index in [4.69, 9.17) is 14.9 Å². The van der Waals surface area contributed by atoms with E-state index in [0.29, 0.717) is 23.2 Å². The third kappa shape index (κ3) is 4.57. The third-order valence-corrected chi connectivity index (χ3v) is 4.81. The average Bonchev–Trinajstić information content (AvgIpc) is 3.14. The lowest BCUT2D eigenvalue weighted by atomic mass is 10.1. The maximum absolute atomic E-state index is 8.14. The van der Waals surface area contributed by atoms with Crippen molar-refractivity contribution in [3.05, 3.63) is 59.0 Å². The Bertz CT molecular complexity index is 900. The summed E-state index contributed by atoms with van der Waals surface area (Å²) in [5.74, 6) is 1.59.